The van der Waals surface area contributed by atoms with Gasteiger partial charge in [0.1, 0.15) is 35.2 Å². The van der Waals surface area contributed by atoms with E-state index in [0.29, 0.717) is 53.3 Å². The molecule has 0 radical (unpaired) electrons. The minimum Gasteiger partial charge on any atom is -0.508 e. The number of phenolic OH excluding ortho intramolecular Hbond substituents is 1. The second-order valence-corrected chi connectivity index (χ2v) is 13.2. The summed E-state index contributed by atoms with van der Waals surface area (Å²) in [6, 6.07) is 6.67. The number of nitrogens with zero attached hydrogens (tertiary/aromatic N) is 5. The highest BCUT2D eigenvalue weighted by Gasteiger charge is 2.49. The number of pyridine rings is 1. The SMILES string of the molecule is C#Cc1c(F)ccc2cc(O)cc(-c3ncc4c(N5CC6CCC(C5)N6)nc(OC[C@]56CCCN5[C@H](COC)CC6)nc4c3F)c12. The fraction of sp³-hybridized carbons (Fsp3) is 0.457. The van der Waals surface area contributed by atoms with Gasteiger partial charge in [0.15, 0.2) is 5.82 Å². The van der Waals surface area contributed by atoms with E-state index in [1.54, 1.807) is 13.3 Å². The average molecular weight is 627 g/mol. The molecule has 0 saturated carbocycles. The number of terminal acetylenes is 1. The van der Waals surface area contributed by atoms with Gasteiger partial charge in [0.25, 0.3) is 0 Å². The Hall–Kier alpha value is -4.11. The number of anilines is 1. The minimum atomic E-state index is -0.718. The number of benzene rings is 2. The van der Waals surface area contributed by atoms with Crippen molar-refractivity contribution in [2.24, 2.45) is 0 Å². The third kappa shape index (κ3) is 4.73. The van der Waals surface area contributed by atoms with Crippen molar-refractivity contribution in [1.29, 1.82) is 0 Å². The number of aromatic nitrogens is 3. The van der Waals surface area contributed by atoms with Crippen molar-refractivity contribution in [2.45, 2.75) is 62.2 Å². The smallest absolute Gasteiger partial charge is 0.319 e. The van der Waals surface area contributed by atoms with Crippen LogP contribution in [0.1, 0.15) is 44.1 Å². The lowest BCUT2D eigenvalue weighted by Crippen LogP contribution is -2.51. The molecule has 0 amide bonds. The third-order valence-corrected chi connectivity index (χ3v) is 10.5. The molecule has 11 heteroatoms. The summed E-state index contributed by atoms with van der Waals surface area (Å²) in [5.74, 6) is 1.52. The molecule has 2 aromatic carbocycles. The standard InChI is InChI=1S/C35H36F2N6O3/c1-3-25-28(36)8-5-20-13-24(44)14-26(29(20)25)31-30(37)32-27(15-38-31)33(42-16-21-6-7-22(17-42)39-21)41-34(40-32)46-19-35-10-4-12-43(35)23(9-11-35)18-45-2/h1,5,8,13-15,21-23,39,44H,4,6-7,9-12,16-19H2,2H3/t21?,22?,23-,35+/m0/s1. The lowest BCUT2D eigenvalue weighted by molar-refractivity contribution is 0.0521. The van der Waals surface area contributed by atoms with Crippen molar-refractivity contribution in [3.63, 3.8) is 0 Å². The van der Waals surface area contributed by atoms with Crippen molar-refractivity contribution in [3.05, 3.63) is 47.7 Å². The molecule has 2 aromatic heterocycles. The highest BCUT2D eigenvalue weighted by molar-refractivity contribution is 6.03. The molecule has 238 valence electrons. The molecular formula is C35H36F2N6O3. The number of piperazine rings is 1. The van der Waals surface area contributed by atoms with Crippen molar-refractivity contribution in [2.75, 3.05) is 44.9 Å². The van der Waals surface area contributed by atoms with Crippen LogP contribution in [-0.4, -0.2) is 88.6 Å². The molecule has 9 nitrogen and oxygen atoms in total. The van der Waals surface area contributed by atoms with Crippen LogP contribution in [0.2, 0.25) is 0 Å². The van der Waals surface area contributed by atoms with Crippen molar-refractivity contribution >= 4 is 27.5 Å². The van der Waals surface area contributed by atoms with Gasteiger partial charge in [-0.2, -0.15) is 9.97 Å². The Kier molecular flexibility index (Phi) is 7.20. The molecule has 4 fully saturated rings. The number of methoxy groups -OCH3 is 1. The third-order valence-electron chi connectivity index (χ3n) is 10.5. The molecule has 4 aliphatic rings. The first-order valence-electron chi connectivity index (χ1n) is 16.1. The van der Waals surface area contributed by atoms with E-state index in [2.05, 4.69) is 31.0 Å². The maximum Gasteiger partial charge on any atom is 0.319 e. The monoisotopic (exact) mass is 626 g/mol. The van der Waals surface area contributed by atoms with E-state index in [1.165, 1.54) is 24.3 Å². The Labute approximate surface area is 265 Å². The molecule has 2 bridgehead atoms. The first kappa shape index (κ1) is 29.3. The van der Waals surface area contributed by atoms with E-state index >= 15 is 4.39 Å². The average Bonchev–Trinajstić information content (AvgIpc) is 3.73. The second-order valence-electron chi connectivity index (χ2n) is 13.2. The van der Waals surface area contributed by atoms with Crippen LogP contribution in [-0.2, 0) is 4.74 Å². The predicted molar refractivity (Wildman–Crippen MR) is 171 cm³/mol. The van der Waals surface area contributed by atoms with Gasteiger partial charge in [-0.05, 0) is 68.7 Å². The summed E-state index contributed by atoms with van der Waals surface area (Å²) in [7, 11) is 1.74. The minimum absolute atomic E-state index is 0.0267. The Balaban J connectivity index is 1.25. The fourth-order valence-corrected chi connectivity index (χ4v) is 8.42. The van der Waals surface area contributed by atoms with E-state index in [0.717, 1.165) is 58.2 Å². The van der Waals surface area contributed by atoms with E-state index in [1.807, 2.05) is 0 Å². The molecule has 46 heavy (non-hydrogen) atoms. The molecule has 2 N–H and O–H groups in total. The summed E-state index contributed by atoms with van der Waals surface area (Å²) < 4.78 is 43.6. The van der Waals surface area contributed by atoms with Gasteiger partial charge >= 0.3 is 6.01 Å². The van der Waals surface area contributed by atoms with Crippen LogP contribution in [0.5, 0.6) is 11.8 Å². The maximum absolute atomic E-state index is 16.8. The van der Waals surface area contributed by atoms with E-state index < -0.39 is 11.6 Å². The number of aromatic hydroxyl groups is 1. The first-order valence-corrected chi connectivity index (χ1v) is 16.1. The summed E-state index contributed by atoms with van der Waals surface area (Å²) in [6.45, 7) is 3.52. The van der Waals surface area contributed by atoms with Gasteiger partial charge in [0, 0.05) is 55.5 Å². The van der Waals surface area contributed by atoms with Crippen molar-refractivity contribution < 1.29 is 23.4 Å². The van der Waals surface area contributed by atoms with Crippen LogP contribution in [0, 0.1) is 24.0 Å². The molecule has 8 rings (SSSR count). The molecule has 4 atom stereocenters. The van der Waals surface area contributed by atoms with Gasteiger partial charge in [0.05, 0.1) is 23.1 Å². The molecule has 4 aliphatic heterocycles. The number of phenols is 1. The molecule has 4 aromatic rings. The maximum atomic E-state index is 16.8. The molecule has 0 spiro atoms. The van der Waals surface area contributed by atoms with E-state index in [4.69, 9.17) is 20.9 Å². The lowest BCUT2D eigenvalue weighted by Gasteiger charge is -2.35. The Morgan fingerprint density at radius 1 is 1.13 bits per heavy atom. The lowest BCUT2D eigenvalue weighted by atomic mass is 9.95. The van der Waals surface area contributed by atoms with Gasteiger partial charge in [-0.1, -0.05) is 12.0 Å². The van der Waals surface area contributed by atoms with Crippen LogP contribution in [0.3, 0.4) is 0 Å². The zero-order valence-electron chi connectivity index (χ0n) is 25.7. The number of rotatable bonds is 7. The van der Waals surface area contributed by atoms with Gasteiger partial charge < -0.3 is 24.8 Å². The number of hydrogen-bond acceptors (Lipinski definition) is 9. The predicted octanol–water partition coefficient (Wildman–Crippen LogP) is 4.77. The Morgan fingerprint density at radius 3 is 2.74 bits per heavy atom. The van der Waals surface area contributed by atoms with E-state index in [9.17, 15) is 9.50 Å². The normalized spacial score (nSPS) is 25.8. The molecule has 0 aliphatic carbocycles. The summed E-state index contributed by atoms with van der Waals surface area (Å²) in [6.07, 6.45) is 13.5. The topological polar surface area (TPSA) is 95.9 Å². The van der Waals surface area contributed by atoms with Crippen LogP contribution in [0.15, 0.2) is 30.5 Å². The van der Waals surface area contributed by atoms with Crippen LogP contribution in [0.25, 0.3) is 32.9 Å². The second kappa shape index (κ2) is 11.3. The summed E-state index contributed by atoms with van der Waals surface area (Å²) in [4.78, 5) is 18.8. The van der Waals surface area contributed by atoms with Crippen molar-refractivity contribution in [3.8, 4) is 35.4 Å². The molecular weight excluding hydrogens is 590 g/mol. The first-order chi connectivity index (χ1) is 22.4. The van der Waals surface area contributed by atoms with Gasteiger partial charge in [-0.25, -0.2) is 8.78 Å². The van der Waals surface area contributed by atoms with Crippen LogP contribution in [0.4, 0.5) is 14.6 Å². The number of hydrogen-bond donors (Lipinski definition) is 2. The zero-order chi connectivity index (χ0) is 31.6. The number of halogens is 2. The van der Waals surface area contributed by atoms with Crippen molar-refractivity contribution in [1.82, 2.24) is 25.2 Å². The van der Waals surface area contributed by atoms with Crippen LogP contribution < -0.4 is 15.0 Å². The Bertz CT molecular complexity index is 1890. The highest BCUT2D eigenvalue weighted by atomic mass is 19.1. The largest absolute Gasteiger partial charge is 0.508 e. The van der Waals surface area contributed by atoms with Crippen LogP contribution >= 0.6 is 0 Å². The molecule has 6 heterocycles. The number of fused-ring (bicyclic) bond motifs is 5. The van der Waals surface area contributed by atoms with Gasteiger partial charge in [0.2, 0.25) is 0 Å². The molecule has 2 unspecified atom stereocenters. The van der Waals surface area contributed by atoms with E-state index in [-0.39, 0.29) is 39.6 Å². The number of nitrogens with one attached hydrogen (secondary N) is 1. The fourth-order valence-electron chi connectivity index (χ4n) is 8.42. The summed E-state index contributed by atoms with van der Waals surface area (Å²) in [5, 5.41) is 15.4. The highest BCUT2D eigenvalue weighted by Crippen LogP contribution is 2.43. The summed E-state index contributed by atoms with van der Waals surface area (Å²) >= 11 is 0. The Morgan fingerprint density at radius 2 is 1.96 bits per heavy atom. The van der Waals surface area contributed by atoms with Gasteiger partial charge in [-0.3, -0.25) is 9.88 Å². The molecule has 4 saturated heterocycles. The summed E-state index contributed by atoms with van der Waals surface area (Å²) in [5.41, 5.74) is -0.0178. The quantitative estimate of drug-likeness (QED) is 0.281. The zero-order valence-corrected chi connectivity index (χ0v) is 25.7. The number of ether oxygens (including phenoxy) is 2. The van der Waals surface area contributed by atoms with Gasteiger partial charge in [-0.15, -0.1) is 6.42 Å².